The molecule has 1 rings (SSSR count). The van der Waals surface area contributed by atoms with Gasteiger partial charge in [-0.25, -0.2) is 0 Å². The molecule has 0 aromatic carbocycles. The summed E-state index contributed by atoms with van der Waals surface area (Å²) in [5, 5.41) is 0. The predicted molar refractivity (Wildman–Crippen MR) is 60.2 cm³/mol. The van der Waals surface area contributed by atoms with E-state index in [1.54, 1.807) is 6.20 Å². The number of halogens is 1. The number of carbonyl (C=O) groups excluding carboxylic acids is 1. The summed E-state index contributed by atoms with van der Waals surface area (Å²) in [6.07, 6.45) is 4.76. The molecular formula is C11H14BrNO. The first-order valence-electron chi connectivity index (χ1n) is 4.84. The van der Waals surface area contributed by atoms with Crippen molar-refractivity contribution in [2.45, 2.75) is 32.6 Å². The van der Waals surface area contributed by atoms with Gasteiger partial charge in [-0.05, 0) is 40.9 Å². The molecule has 0 fully saturated rings. The zero-order valence-electron chi connectivity index (χ0n) is 8.29. The van der Waals surface area contributed by atoms with Crippen molar-refractivity contribution >= 4 is 21.7 Å². The molecular weight excluding hydrogens is 242 g/mol. The molecule has 2 nitrogen and oxygen atoms in total. The molecule has 0 atom stereocenters. The minimum absolute atomic E-state index is 0.331. The molecule has 0 saturated heterocycles. The molecule has 14 heavy (non-hydrogen) atoms. The van der Waals surface area contributed by atoms with Gasteiger partial charge in [-0.2, -0.15) is 0 Å². The highest BCUT2D eigenvalue weighted by Gasteiger charge is 2.01. The molecule has 0 bridgehead atoms. The number of ketones is 1. The summed E-state index contributed by atoms with van der Waals surface area (Å²) in [5.41, 5.74) is 0.984. The maximum atomic E-state index is 11.2. The summed E-state index contributed by atoms with van der Waals surface area (Å²) in [4.78, 5) is 15.5. The second-order valence-electron chi connectivity index (χ2n) is 3.26. The van der Waals surface area contributed by atoms with Crippen LogP contribution < -0.4 is 0 Å². The highest BCUT2D eigenvalue weighted by Crippen LogP contribution is 2.09. The lowest BCUT2D eigenvalue weighted by molar-refractivity contribution is -0.119. The molecule has 1 aromatic heterocycles. The highest BCUT2D eigenvalue weighted by atomic mass is 79.9. The van der Waals surface area contributed by atoms with Crippen LogP contribution in [0.1, 0.15) is 31.9 Å². The number of carbonyl (C=O) groups is 1. The Morgan fingerprint density at radius 3 is 2.79 bits per heavy atom. The molecule has 1 aromatic rings. The molecule has 0 aliphatic carbocycles. The monoisotopic (exact) mass is 255 g/mol. The minimum Gasteiger partial charge on any atom is -0.300 e. The highest BCUT2D eigenvalue weighted by molar-refractivity contribution is 9.10. The van der Waals surface area contributed by atoms with E-state index in [1.165, 1.54) is 0 Å². The molecule has 0 saturated carbocycles. The lowest BCUT2D eigenvalue weighted by atomic mass is 10.1. The van der Waals surface area contributed by atoms with Gasteiger partial charge in [0.05, 0.1) is 0 Å². The van der Waals surface area contributed by atoms with Crippen molar-refractivity contribution in [3.8, 4) is 0 Å². The van der Waals surface area contributed by atoms with Gasteiger partial charge in [-0.1, -0.05) is 6.92 Å². The van der Waals surface area contributed by atoms with E-state index in [-0.39, 0.29) is 0 Å². The van der Waals surface area contributed by atoms with Crippen LogP contribution in [0.25, 0.3) is 0 Å². The normalized spacial score (nSPS) is 10.1. The first-order valence-corrected chi connectivity index (χ1v) is 5.64. The van der Waals surface area contributed by atoms with E-state index >= 15 is 0 Å². The van der Waals surface area contributed by atoms with E-state index in [4.69, 9.17) is 0 Å². The van der Waals surface area contributed by atoms with Crippen molar-refractivity contribution in [2.75, 3.05) is 0 Å². The lowest BCUT2D eigenvalue weighted by Crippen LogP contribution is -2.00. The van der Waals surface area contributed by atoms with Crippen LogP contribution in [-0.4, -0.2) is 10.8 Å². The maximum Gasteiger partial charge on any atom is 0.133 e. The Balaban J connectivity index is 2.38. The second kappa shape index (κ2) is 5.91. The number of Topliss-reactive ketones (excluding diaryl/α,β-unsaturated/α-hetero) is 1. The van der Waals surface area contributed by atoms with Crippen molar-refractivity contribution in [3.05, 3.63) is 28.5 Å². The predicted octanol–water partition coefficient (Wildman–Crippen LogP) is 3.15. The number of rotatable bonds is 5. The largest absolute Gasteiger partial charge is 0.300 e. The molecule has 0 N–H and O–H groups in total. The second-order valence-corrected chi connectivity index (χ2v) is 4.17. The topological polar surface area (TPSA) is 30.0 Å². The van der Waals surface area contributed by atoms with Gasteiger partial charge in [-0.15, -0.1) is 0 Å². The average molecular weight is 256 g/mol. The number of pyridine rings is 1. The van der Waals surface area contributed by atoms with Crippen LogP contribution >= 0.6 is 15.9 Å². The number of aryl methyl sites for hydroxylation is 1. The summed E-state index contributed by atoms with van der Waals surface area (Å²) >= 11 is 3.32. The summed E-state index contributed by atoms with van der Waals surface area (Å²) in [6.45, 7) is 2.02. The Hall–Kier alpha value is -0.700. The third-order valence-corrected chi connectivity index (χ3v) is 2.45. The quantitative estimate of drug-likeness (QED) is 0.810. The maximum absolute atomic E-state index is 11.2. The number of aromatic nitrogens is 1. The van der Waals surface area contributed by atoms with Crippen LogP contribution in [0.3, 0.4) is 0 Å². The van der Waals surface area contributed by atoms with E-state index in [0.29, 0.717) is 18.6 Å². The van der Waals surface area contributed by atoms with Crippen LogP contribution in [0.2, 0.25) is 0 Å². The summed E-state index contributed by atoms with van der Waals surface area (Å²) < 4.78 is 0.973. The van der Waals surface area contributed by atoms with E-state index in [0.717, 1.165) is 23.0 Å². The van der Waals surface area contributed by atoms with Crippen LogP contribution in [0.5, 0.6) is 0 Å². The van der Waals surface area contributed by atoms with Crippen LogP contribution in [-0.2, 0) is 11.2 Å². The van der Waals surface area contributed by atoms with E-state index in [9.17, 15) is 4.79 Å². The van der Waals surface area contributed by atoms with Gasteiger partial charge in [0.25, 0.3) is 0 Å². The van der Waals surface area contributed by atoms with Gasteiger partial charge in [0.1, 0.15) is 5.78 Å². The molecule has 0 spiro atoms. The fourth-order valence-electron chi connectivity index (χ4n) is 1.23. The summed E-state index contributed by atoms with van der Waals surface area (Å²) in [6, 6.07) is 3.90. The molecule has 0 radical (unpaired) electrons. The smallest absolute Gasteiger partial charge is 0.133 e. The van der Waals surface area contributed by atoms with E-state index < -0.39 is 0 Å². The summed E-state index contributed by atoms with van der Waals surface area (Å²) in [5.74, 6) is 0.331. The Morgan fingerprint density at radius 1 is 1.43 bits per heavy atom. The van der Waals surface area contributed by atoms with Gasteiger partial charge in [0.2, 0.25) is 0 Å². The fourth-order valence-corrected chi connectivity index (χ4v) is 1.46. The van der Waals surface area contributed by atoms with E-state index in [2.05, 4.69) is 20.9 Å². The average Bonchev–Trinajstić information content (AvgIpc) is 2.17. The number of hydrogen-bond acceptors (Lipinski definition) is 2. The molecule has 0 unspecified atom stereocenters. The number of hydrogen-bond donors (Lipinski definition) is 0. The Morgan fingerprint density at radius 2 is 2.21 bits per heavy atom. The first-order chi connectivity index (χ1) is 6.72. The van der Waals surface area contributed by atoms with Crippen LogP contribution in [0.4, 0.5) is 0 Å². The Bertz CT molecular complexity index is 295. The van der Waals surface area contributed by atoms with Gasteiger partial charge < -0.3 is 0 Å². The molecule has 76 valence electrons. The summed E-state index contributed by atoms with van der Waals surface area (Å²) in [7, 11) is 0. The molecule has 1 heterocycles. The Labute approximate surface area is 92.9 Å². The van der Waals surface area contributed by atoms with Gasteiger partial charge in [-0.3, -0.25) is 9.78 Å². The molecule has 0 aliphatic rings. The van der Waals surface area contributed by atoms with Gasteiger partial charge in [0, 0.05) is 29.2 Å². The molecule has 3 heteroatoms. The van der Waals surface area contributed by atoms with Crippen LogP contribution in [0, 0.1) is 0 Å². The van der Waals surface area contributed by atoms with E-state index in [1.807, 2.05) is 19.1 Å². The Kier molecular flexibility index (Phi) is 4.80. The van der Waals surface area contributed by atoms with Crippen molar-refractivity contribution in [1.82, 2.24) is 4.98 Å². The van der Waals surface area contributed by atoms with Crippen LogP contribution in [0.15, 0.2) is 22.8 Å². The van der Waals surface area contributed by atoms with Crippen molar-refractivity contribution in [2.24, 2.45) is 0 Å². The van der Waals surface area contributed by atoms with Crippen molar-refractivity contribution in [1.29, 1.82) is 0 Å². The number of nitrogens with zero attached hydrogens (tertiary/aromatic N) is 1. The molecule has 0 amide bonds. The standard InChI is InChI=1S/C11H14BrNO/c1-2-3-11(14)7-6-10-5-4-9(12)8-13-10/h4-5,8H,2-3,6-7H2,1H3. The van der Waals surface area contributed by atoms with Crippen molar-refractivity contribution in [3.63, 3.8) is 0 Å². The third-order valence-electron chi connectivity index (χ3n) is 1.98. The zero-order valence-corrected chi connectivity index (χ0v) is 9.88. The first kappa shape index (κ1) is 11.4. The van der Waals surface area contributed by atoms with Gasteiger partial charge >= 0.3 is 0 Å². The SMILES string of the molecule is CCCC(=O)CCc1ccc(Br)cn1. The fraction of sp³-hybridized carbons (Fsp3) is 0.455. The minimum atomic E-state index is 0.331. The van der Waals surface area contributed by atoms with Crippen molar-refractivity contribution < 1.29 is 4.79 Å². The lowest BCUT2D eigenvalue weighted by Gasteiger charge is -1.99. The van der Waals surface area contributed by atoms with Gasteiger partial charge in [0.15, 0.2) is 0 Å². The third kappa shape index (κ3) is 4.01. The zero-order chi connectivity index (χ0) is 10.4. The molecule has 0 aliphatic heterocycles.